The van der Waals surface area contributed by atoms with E-state index in [9.17, 15) is 18.0 Å². The lowest BCUT2D eigenvalue weighted by molar-refractivity contribution is -0.137. The second kappa shape index (κ2) is 4.63. The first-order chi connectivity index (χ1) is 6.95. The van der Waals surface area contributed by atoms with Crippen LogP contribution in [0.5, 0.6) is 0 Å². The first kappa shape index (κ1) is 12.0. The average Bonchev–Trinajstić information content (AvgIpc) is 2.17. The maximum Gasteiger partial charge on any atom is 0.416 e. The monoisotopic (exact) mass is 237 g/mol. The van der Waals surface area contributed by atoms with Crippen LogP contribution >= 0.6 is 11.8 Å². The van der Waals surface area contributed by atoms with E-state index in [0.717, 1.165) is 12.1 Å². The minimum absolute atomic E-state index is 0.0158. The number of carbonyl (C=O) groups is 1. The second-order valence-corrected chi connectivity index (χ2v) is 3.08. The van der Waals surface area contributed by atoms with Crippen molar-refractivity contribution in [2.24, 2.45) is 0 Å². The molecule has 0 aliphatic rings. The van der Waals surface area contributed by atoms with Crippen LogP contribution in [0.3, 0.4) is 0 Å². The van der Waals surface area contributed by atoms with Gasteiger partial charge in [-0.3, -0.25) is 4.79 Å². The molecule has 0 spiro atoms. The maximum atomic E-state index is 12.3. The zero-order valence-electron chi connectivity index (χ0n) is 7.44. The van der Waals surface area contributed by atoms with Gasteiger partial charge in [0, 0.05) is 5.56 Å². The van der Waals surface area contributed by atoms with Crippen LogP contribution in [0, 0.1) is 0 Å². The van der Waals surface area contributed by atoms with Crippen molar-refractivity contribution >= 4 is 17.6 Å². The Labute approximate surface area is 89.1 Å². The molecule has 0 amide bonds. The zero-order valence-corrected chi connectivity index (χ0v) is 8.19. The lowest BCUT2D eigenvalue weighted by atomic mass is 10.1. The highest BCUT2D eigenvalue weighted by Gasteiger charge is 2.30. The fourth-order valence-electron chi connectivity index (χ4n) is 1.03. The highest BCUT2D eigenvalue weighted by molar-refractivity contribution is 6.15. The van der Waals surface area contributed by atoms with Gasteiger partial charge in [-0.1, -0.05) is 12.1 Å². The summed E-state index contributed by atoms with van der Waals surface area (Å²) in [5, 5.41) is 0. The largest absolute Gasteiger partial charge is 0.416 e. The summed E-state index contributed by atoms with van der Waals surface area (Å²) >= 11 is 5.08. The number of nitrogens with one attached hydrogen (secondary N) is 1. The number of alkyl halides is 3. The van der Waals surface area contributed by atoms with Crippen molar-refractivity contribution in [3.63, 3.8) is 0 Å². The van der Waals surface area contributed by atoms with Gasteiger partial charge >= 0.3 is 6.18 Å². The molecule has 0 saturated heterocycles. The molecule has 1 rings (SSSR count). The van der Waals surface area contributed by atoms with Gasteiger partial charge in [0.25, 0.3) is 0 Å². The molecule has 0 atom stereocenters. The molecule has 0 unspecified atom stereocenters. The van der Waals surface area contributed by atoms with E-state index in [0.29, 0.717) is 0 Å². The SMILES string of the molecule is O=C(CNCl)c1cccc(C(F)(F)F)c1. The van der Waals surface area contributed by atoms with E-state index in [1.165, 1.54) is 12.1 Å². The number of rotatable bonds is 3. The van der Waals surface area contributed by atoms with Crippen molar-refractivity contribution in [2.75, 3.05) is 6.54 Å². The van der Waals surface area contributed by atoms with Gasteiger partial charge in [-0.05, 0) is 23.9 Å². The van der Waals surface area contributed by atoms with E-state index in [2.05, 4.69) is 4.84 Å². The molecule has 0 aliphatic carbocycles. The van der Waals surface area contributed by atoms with Crippen LogP contribution in [0.2, 0.25) is 0 Å². The van der Waals surface area contributed by atoms with Gasteiger partial charge in [-0.15, -0.1) is 0 Å². The summed E-state index contributed by atoms with van der Waals surface area (Å²) in [5.74, 6) is -0.490. The van der Waals surface area contributed by atoms with Gasteiger partial charge in [-0.25, -0.2) is 4.84 Å². The van der Waals surface area contributed by atoms with Crippen molar-refractivity contribution in [2.45, 2.75) is 6.18 Å². The number of carbonyl (C=O) groups excluding carboxylic acids is 1. The normalized spacial score (nSPS) is 11.5. The fraction of sp³-hybridized carbons (Fsp3) is 0.222. The van der Waals surface area contributed by atoms with Crippen molar-refractivity contribution in [1.82, 2.24) is 4.84 Å². The Morgan fingerprint density at radius 1 is 1.40 bits per heavy atom. The number of hydrogen-bond donors (Lipinski definition) is 1. The Morgan fingerprint density at radius 3 is 2.60 bits per heavy atom. The lowest BCUT2D eigenvalue weighted by Gasteiger charge is -2.07. The van der Waals surface area contributed by atoms with E-state index in [1.54, 1.807) is 0 Å². The number of benzene rings is 1. The third-order valence-electron chi connectivity index (χ3n) is 1.74. The Balaban J connectivity index is 2.98. The summed E-state index contributed by atoms with van der Waals surface area (Å²) in [6, 6.07) is 4.21. The second-order valence-electron chi connectivity index (χ2n) is 2.81. The highest BCUT2D eigenvalue weighted by Crippen LogP contribution is 2.29. The highest BCUT2D eigenvalue weighted by atomic mass is 35.5. The molecule has 0 fully saturated rings. The van der Waals surface area contributed by atoms with Crippen LogP contribution in [0.25, 0.3) is 0 Å². The standard InChI is InChI=1S/C9H7ClF3NO/c10-14-5-8(15)6-2-1-3-7(4-6)9(11,12)13/h1-4,14H,5H2. The molecule has 0 aliphatic heterocycles. The van der Waals surface area contributed by atoms with E-state index in [1.807, 2.05) is 0 Å². The molecule has 15 heavy (non-hydrogen) atoms. The Bertz CT molecular complexity index is 365. The molecule has 1 aromatic carbocycles. The Kier molecular flexibility index (Phi) is 3.71. The summed E-state index contributed by atoms with van der Waals surface area (Å²) in [7, 11) is 0. The first-order valence-corrected chi connectivity index (χ1v) is 4.37. The molecule has 0 radical (unpaired) electrons. The number of Topliss-reactive ketones (excluding diaryl/α,β-unsaturated/α-hetero) is 1. The summed E-state index contributed by atoms with van der Waals surface area (Å²) in [5.41, 5.74) is -0.860. The van der Waals surface area contributed by atoms with Gasteiger partial charge in [0.05, 0.1) is 12.1 Å². The Morgan fingerprint density at radius 2 is 2.07 bits per heavy atom. The summed E-state index contributed by atoms with van der Waals surface area (Å²) in [4.78, 5) is 13.3. The minimum Gasteiger partial charge on any atom is -0.293 e. The molecule has 2 nitrogen and oxygen atoms in total. The van der Waals surface area contributed by atoms with Gasteiger partial charge in [-0.2, -0.15) is 13.2 Å². The predicted molar refractivity (Wildman–Crippen MR) is 49.6 cm³/mol. The van der Waals surface area contributed by atoms with Gasteiger partial charge in [0.2, 0.25) is 0 Å². The molecule has 1 N–H and O–H groups in total. The quantitative estimate of drug-likeness (QED) is 0.647. The van der Waals surface area contributed by atoms with Crippen LogP contribution in [-0.2, 0) is 6.18 Å². The number of hydrogen-bond acceptors (Lipinski definition) is 2. The Hall–Kier alpha value is -1.07. The summed E-state index contributed by atoms with van der Waals surface area (Å²) < 4.78 is 36.8. The van der Waals surface area contributed by atoms with Gasteiger partial charge in [0.1, 0.15) is 0 Å². The third kappa shape index (κ3) is 3.21. The van der Waals surface area contributed by atoms with Crippen molar-refractivity contribution in [3.8, 4) is 0 Å². The third-order valence-corrected chi connectivity index (χ3v) is 1.87. The molecule has 0 saturated carbocycles. The van der Waals surface area contributed by atoms with E-state index in [4.69, 9.17) is 11.8 Å². The van der Waals surface area contributed by atoms with Crippen molar-refractivity contribution in [3.05, 3.63) is 35.4 Å². The maximum absolute atomic E-state index is 12.3. The molecule has 1 aromatic rings. The van der Waals surface area contributed by atoms with Crippen LogP contribution in [-0.4, -0.2) is 12.3 Å². The smallest absolute Gasteiger partial charge is 0.293 e. The molecule has 0 bridgehead atoms. The molecule has 6 heteroatoms. The van der Waals surface area contributed by atoms with Crippen LogP contribution < -0.4 is 4.84 Å². The first-order valence-electron chi connectivity index (χ1n) is 3.99. The van der Waals surface area contributed by atoms with Gasteiger partial charge < -0.3 is 0 Å². The topological polar surface area (TPSA) is 29.1 Å². The predicted octanol–water partition coefficient (Wildman–Crippen LogP) is 2.63. The number of ketones is 1. The molecular weight excluding hydrogens is 231 g/mol. The number of halogens is 4. The molecule has 0 heterocycles. The van der Waals surface area contributed by atoms with Crippen LogP contribution in [0.4, 0.5) is 13.2 Å². The fourth-order valence-corrected chi connectivity index (χ4v) is 1.15. The van der Waals surface area contributed by atoms with E-state index in [-0.39, 0.29) is 12.1 Å². The zero-order chi connectivity index (χ0) is 11.5. The summed E-state index contributed by atoms with van der Waals surface area (Å²) in [6.07, 6.45) is -4.44. The van der Waals surface area contributed by atoms with Crippen LogP contribution in [0.15, 0.2) is 24.3 Å². The van der Waals surface area contributed by atoms with E-state index >= 15 is 0 Å². The van der Waals surface area contributed by atoms with Crippen LogP contribution in [0.1, 0.15) is 15.9 Å². The minimum atomic E-state index is -4.44. The molecule has 0 aromatic heterocycles. The molecule has 82 valence electrons. The lowest BCUT2D eigenvalue weighted by Crippen LogP contribution is -2.15. The summed E-state index contributed by atoms with van der Waals surface area (Å²) in [6.45, 7) is -0.205. The van der Waals surface area contributed by atoms with E-state index < -0.39 is 17.5 Å². The van der Waals surface area contributed by atoms with Gasteiger partial charge in [0.15, 0.2) is 5.78 Å². The van der Waals surface area contributed by atoms with Crippen molar-refractivity contribution in [1.29, 1.82) is 0 Å². The average molecular weight is 238 g/mol. The van der Waals surface area contributed by atoms with Crippen molar-refractivity contribution < 1.29 is 18.0 Å². The molecular formula is C9H7ClF3NO.